The van der Waals surface area contributed by atoms with E-state index in [0.29, 0.717) is 12.2 Å². The summed E-state index contributed by atoms with van der Waals surface area (Å²) in [6, 6.07) is 0. The van der Waals surface area contributed by atoms with Crippen LogP contribution in [0, 0.1) is 0 Å². The fourth-order valence-corrected chi connectivity index (χ4v) is 3.51. The molecule has 0 aliphatic carbocycles. The molecule has 2 unspecified atom stereocenters. The van der Waals surface area contributed by atoms with Crippen LogP contribution in [0.15, 0.2) is 0 Å². The summed E-state index contributed by atoms with van der Waals surface area (Å²) < 4.78 is 11.2. The average molecular weight is 271 g/mol. The highest BCUT2D eigenvalue weighted by atomic mass is 16.6. The van der Waals surface area contributed by atoms with E-state index < -0.39 is 0 Å². The number of hydrogen-bond acceptors (Lipinski definition) is 4. The van der Waals surface area contributed by atoms with Gasteiger partial charge in [-0.3, -0.25) is 4.90 Å². The lowest BCUT2D eigenvalue weighted by molar-refractivity contribution is -0.115. The van der Waals surface area contributed by atoms with Gasteiger partial charge in [0, 0.05) is 17.6 Å². The topological polar surface area (TPSA) is 45.2 Å². The van der Waals surface area contributed by atoms with E-state index >= 15 is 0 Å². The van der Waals surface area contributed by atoms with Gasteiger partial charge in [0.25, 0.3) is 0 Å². The number of aliphatic hydroxyl groups is 1. The SMILES string of the molecule is CC(O)CN1C(C)(C)CC(OCC2CO2)CC1(C)C. The third-order valence-electron chi connectivity index (χ3n) is 4.28. The first-order valence-electron chi connectivity index (χ1n) is 7.40. The van der Waals surface area contributed by atoms with Crippen LogP contribution >= 0.6 is 0 Å². The third kappa shape index (κ3) is 3.91. The van der Waals surface area contributed by atoms with Crippen molar-refractivity contribution in [2.24, 2.45) is 0 Å². The molecule has 4 nitrogen and oxygen atoms in total. The molecule has 19 heavy (non-hydrogen) atoms. The highest BCUT2D eigenvalue weighted by Crippen LogP contribution is 2.39. The summed E-state index contributed by atoms with van der Waals surface area (Å²) in [6.07, 6.45) is 2.35. The first-order chi connectivity index (χ1) is 8.71. The molecule has 0 spiro atoms. The summed E-state index contributed by atoms with van der Waals surface area (Å²) in [5.74, 6) is 0. The minimum absolute atomic E-state index is 0.0494. The predicted molar refractivity (Wildman–Crippen MR) is 75.3 cm³/mol. The van der Waals surface area contributed by atoms with Gasteiger partial charge in [0.1, 0.15) is 6.10 Å². The molecule has 0 aromatic heterocycles. The fraction of sp³-hybridized carbons (Fsp3) is 1.00. The van der Waals surface area contributed by atoms with Gasteiger partial charge >= 0.3 is 0 Å². The molecular weight excluding hydrogens is 242 g/mol. The van der Waals surface area contributed by atoms with Crippen LogP contribution in [0.4, 0.5) is 0 Å². The van der Waals surface area contributed by atoms with Crippen molar-refractivity contribution >= 4 is 0 Å². The molecule has 2 aliphatic heterocycles. The number of epoxide rings is 1. The molecule has 2 aliphatic rings. The monoisotopic (exact) mass is 271 g/mol. The van der Waals surface area contributed by atoms with Crippen molar-refractivity contribution in [3.63, 3.8) is 0 Å². The number of aliphatic hydroxyl groups excluding tert-OH is 1. The van der Waals surface area contributed by atoms with Gasteiger partial charge in [0.2, 0.25) is 0 Å². The van der Waals surface area contributed by atoms with Crippen molar-refractivity contribution in [3.05, 3.63) is 0 Å². The maximum absolute atomic E-state index is 9.73. The normalized spacial score (nSPS) is 32.2. The molecule has 0 bridgehead atoms. The van der Waals surface area contributed by atoms with E-state index in [9.17, 15) is 5.11 Å². The number of nitrogens with zero attached hydrogens (tertiary/aromatic N) is 1. The van der Waals surface area contributed by atoms with Crippen LogP contribution in [0.5, 0.6) is 0 Å². The van der Waals surface area contributed by atoms with Gasteiger partial charge < -0.3 is 14.6 Å². The minimum atomic E-state index is -0.295. The zero-order valence-corrected chi connectivity index (χ0v) is 13.0. The van der Waals surface area contributed by atoms with Gasteiger partial charge in [-0.05, 0) is 47.5 Å². The van der Waals surface area contributed by atoms with E-state index in [2.05, 4.69) is 32.6 Å². The van der Waals surface area contributed by atoms with Crippen molar-refractivity contribution in [3.8, 4) is 0 Å². The molecule has 0 radical (unpaired) electrons. The first-order valence-corrected chi connectivity index (χ1v) is 7.40. The summed E-state index contributed by atoms with van der Waals surface area (Å²) in [7, 11) is 0. The number of rotatable bonds is 5. The number of ether oxygens (including phenoxy) is 2. The van der Waals surface area contributed by atoms with E-state index in [4.69, 9.17) is 9.47 Å². The lowest BCUT2D eigenvalue weighted by atomic mass is 9.78. The highest BCUT2D eigenvalue weighted by molar-refractivity contribution is 5.01. The Morgan fingerprint density at radius 2 is 1.79 bits per heavy atom. The zero-order chi connectivity index (χ0) is 14.3. The highest BCUT2D eigenvalue weighted by Gasteiger charge is 2.46. The van der Waals surface area contributed by atoms with Crippen LogP contribution in [0.3, 0.4) is 0 Å². The Bertz CT molecular complexity index is 293. The molecule has 0 amide bonds. The molecule has 4 heteroatoms. The van der Waals surface area contributed by atoms with E-state index in [1.807, 2.05) is 6.92 Å². The third-order valence-corrected chi connectivity index (χ3v) is 4.28. The van der Waals surface area contributed by atoms with Crippen LogP contribution in [0.2, 0.25) is 0 Å². The van der Waals surface area contributed by atoms with Gasteiger partial charge in [0.15, 0.2) is 0 Å². The smallest absolute Gasteiger partial charge is 0.104 e. The second kappa shape index (κ2) is 5.32. The van der Waals surface area contributed by atoms with Gasteiger partial charge in [0.05, 0.1) is 25.4 Å². The Kier molecular flexibility index (Phi) is 4.26. The Labute approximate surface area is 117 Å². The number of likely N-dealkylation sites (tertiary alicyclic amines) is 1. The summed E-state index contributed by atoms with van der Waals surface area (Å²) in [4.78, 5) is 2.43. The first kappa shape index (κ1) is 15.2. The average Bonchev–Trinajstić information content (AvgIpc) is 3.03. The van der Waals surface area contributed by atoms with E-state index in [1.54, 1.807) is 0 Å². The summed E-state index contributed by atoms with van der Waals surface area (Å²) in [6.45, 7) is 13.2. The van der Waals surface area contributed by atoms with E-state index in [0.717, 1.165) is 32.6 Å². The van der Waals surface area contributed by atoms with Crippen molar-refractivity contribution < 1.29 is 14.6 Å². The second-order valence-corrected chi connectivity index (χ2v) is 7.40. The van der Waals surface area contributed by atoms with Crippen LogP contribution in [-0.4, -0.2) is 59.2 Å². The van der Waals surface area contributed by atoms with Crippen LogP contribution in [-0.2, 0) is 9.47 Å². The number of piperidine rings is 1. The molecule has 112 valence electrons. The maximum atomic E-state index is 9.73. The Morgan fingerprint density at radius 3 is 2.21 bits per heavy atom. The maximum Gasteiger partial charge on any atom is 0.104 e. The summed E-state index contributed by atoms with van der Waals surface area (Å²) >= 11 is 0. The molecule has 2 saturated heterocycles. The van der Waals surface area contributed by atoms with Crippen molar-refractivity contribution in [2.75, 3.05) is 19.8 Å². The molecule has 0 aromatic rings. The molecule has 0 aromatic carbocycles. The van der Waals surface area contributed by atoms with Gasteiger partial charge in [-0.2, -0.15) is 0 Å². The Morgan fingerprint density at radius 1 is 1.26 bits per heavy atom. The van der Waals surface area contributed by atoms with Crippen molar-refractivity contribution in [1.29, 1.82) is 0 Å². The Balaban J connectivity index is 2.00. The second-order valence-electron chi connectivity index (χ2n) is 7.40. The number of hydrogen-bond donors (Lipinski definition) is 1. The molecule has 1 N–H and O–H groups in total. The minimum Gasteiger partial charge on any atom is -0.392 e. The molecule has 2 fully saturated rings. The molecule has 2 heterocycles. The Hall–Kier alpha value is -0.160. The molecule has 0 saturated carbocycles. The van der Waals surface area contributed by atoms with Gasteiger partial charge in [-0.15, -0.1) is 0 Å². The zero-order valence-electron chi connectivity index (χ0n) is 13.0. The van der Waals surface area contributed by atoms with Gasteiger partial charge in [-0.25, -0.2) is 0 Å². The van der Waals surface area contributed by atoms with Gasteiger partial charge in [-0.1, -0.05) is 0 Å². The fourth-order valence-electron chi connectivity index (χ4n) is 3.51. The van der Waals surface area contributed by atoms with Crippen LogP contribution in [0.1, 0.15) is 47.5 Å². The summed E-state index contributed by atoms with van der Waals surface area (Å²) in [5.41, 5.74) is 0.0988. The molecule has 2 rings (SSSR count). The molecule has 2 atom stereocenters. The standard InChI is InChI=1S/C15H29NO3/c1-11(17)8-16-14(2,3)6-12(7-15(16,4)5)18-9-13-10-19-13/h11-13,17H,6-10H2,1-5H3. The van der Waals surface area contributed by atoms with Crippen molar-refractivity contribution in [2.45, 2.75) is 76.9 Å². The lowest BCUT2D eigenvalue weighted by Gasteiger charge is -2.55. The number of β-amino-alcohol motifs (C(OH)–C–C–N with tert-alkyl or cyclic N) is 1. The van der Waals surface area contributed by atoms with E-state index in [1.165, 1.54) is 0 Å². The summed E-state index contributed by atoms with van der Waals surface area (Å²) in [5, 5.41) is 9.73. The van der Waals surface area contributed by atoms with Crippen molar-refractivity contribution in [1.82, 2.24) is 4.90 Å². The lowest BCUT2D eigenvalue weighted by Crippen LogP contribution is -2.63. The molecular formula is C15H29NO3. The van der Waals surface area contributed by atoms with E-state index in [-0.39, 0.29) is 17.2 Å². The largest absolute Gasteiger partial charge is 0.392 e. The van der Waals surface area contributed by atoms with Crippen LogP contribution in [0.25, 0.3) is 0 Å². The quantitative estimate of drug-likeness (QED) is 0.775. The van der Waals surface area contributed by atoms with Crippen LogP contribution < -0.4 is 0 Å². The predicted octanol–water partition coefficient (Wildman–Crippen LogP) is 1.80.